The van der Waals surface area contributed by atoms with Crippen molar-refractivity contribution in [1.82, 2.24) is 4.90 Å². The highest BCUT2D eigenvalue weighted by molar-refractivity contribution is 5.39. The van der Waals surface area contributed by atoms with Crippen LogP contribution in [-0.2, 0) is 0 Å². The molecule has 0 saturated heterocycles. The van der Waals surface area contributed by atoms with Gasteiger partial charge in [-0.3, -0.25) is 4.90 Å². The molecule has 0 aromatic heterocycles. The molecule has 1 aromatic rings. The molecule has 0 bridgehead atoms. The minimum atomic E-state index is 0.256. The lowest BCUT2D eigenvalue weighted by Gasteiger charge is -2.23. The largest absolute Gasteiger partial charge is 0.493 e. The standard InChI is InChI=1S/C14H19NO2/c16-8-7-15(12-5-6-12)9-11-10-17-14-4-2-1-3-13(11)14/h1-4,11-12,16H,5-10H2. The SMILES string of the molecule is OCCN(CC1COc2ccccc21)C1CC1. The number of fused-ring (bicyclic) bond motifs is 1. The number of hydrogen-bond donors (Lipinski definition) is 1. The van der Waals surface area contributed by atoms with Gasteiger partial charge in [0.1, 0.15) is 5.75 Å². The Kier molecular flexibility index (Phi) is 3.04. The number of nitrogens with zero attached hydrogens (tertiary/aromatic N) is 1. The predicted molar refractivity (Wildman–Crippen MR) is 66.4 cm³/mol. The third kappa shape index (κ3) is 2.31. The van der Waals surface area contributed by atoms with Crippen LogP contribution in [0.1, 0.15) is 24.3 Å². The Hall–Kier alpha value is -1.06. The fourth-order valence-corrected chi connectivity index (χ4v) is 2.65. The van der Waals surface area contributed by atoms with E-state index in [1.165, 1.54) is 18.4 Å². The molecule has 1 aliphatic carbocycles. The molecule has 1 fully saturated rings. The zero-order valence-electron chi connectivity index (χ0n) is 10.0. The van der Waals surface area contributed by atoms with Crippen LogP contribution in [0.15, 0.2) is 24.3 Å². The number of hydrogen-bond acceptors (Lipinski definition) is 3. The van der Waals surface area contributed by atoms with Gasteiger partial charge in [-0.2, -0.15) is 0 Å². The first-order valence-electron chi connectivity index (χ1n) is 6.45. The average molecular weight is 233 g/mol. The number of rotatable bonds is 5. The molecule has 1 aromatic carbocycles. The van der Waals surface area contributed by atoms with Crippen molar-refractivity contribution in [3.8, 4) is 5.75 Å². The van der Waals surface area contributed by atoms with Crippen LogP contribution < -0.4 is 4.74 Å². The average Bonchev–Trinajstić information content (AvgIpc) is 3.12. The van der Waals surface area contributed by atoms with Crippen molar-refractivity contribution >= 4 is 0 Å². The summed E-state index contributed by atoms with van der Waals surface area (Å²) in [5.74, 6) is 1.51. The zero-order chi connectivity index (χ0) is 11.7. The van der Waals surface area contributed by atoms with Gasteiger partial charge in [0.2, 0.25) is 0 Å². The molecule has 3 heteroatoms. The Morgan fingerprint density at radius 1 is 1.29 bits per heavy atom. The lowest BCUT2D eigenvalue weighted by atomic mass is 10.0. The van der Waals surface area contributed by atoms with Crippen LogP contribution in [-0.4, -0.2) is 42.4 Å². The molecule has 1 unspecified atom stereocenters. The molecule has 0 spiro atoms. The molecule has 1 atom stereocenters. The van der Waals surface area contributed by atoms with Crippen LogP contribution >= 0.6 is 0 Å². The van der Waals surface area contributed by atoms with Crippen LogP contribution in [0.5, 0.6) is 5.75 Å². The number of benzene rings is 1. The Morgan fingerprint density at radius 2 is 2.12 bits per heavy atom. The Bertz CT molecular complexity index is 390. The number of ether oxygens (including phenoxy) is 1. The second-order valence-electron chi connectivity index (χ2n) is 5.00. The second kappa shape index (κ2) is 4.67. The number of aliphatic hydroxyl groups is 1. The van der Waals surface area contributed by atoms with Crippen molar-refractivity contribution in [3.05, 3.63) is 29.8 Å². The van der Waals surface area contributed by atoms with E-state index in [4.69, 9.17) is 9.84 Å². The summed E-state index contributed by atoms with van der Waals surface area (Å²) in [6.45, 7) is 2.85. The smallest absolute Gasteiger partial charge is 0.122 e. The van der Waals surface area contributed by atoms with Crippen molar-refractivity contribution < 1.29 is 9.84 Å². The van der Waals surface area contributed by atoms with E-state index in [2.05, 4.69) is 17.0 Å². The molecule has 1 N–H and O–H groups in total. The van der Waals surface area contributed by atoms with E-state index in [0.29, 0.717) is 12.0 Å². The van der Waals surface area contributed by atoms with Gasteiger partial charge < -0.3 is 9.84 Å². The predicted octanol–water partition coefficient (Wildman–Crippen LogP) is 1.62. The molecule has 1 saturated carbocycles. The second-order valence-corrected chi connectivity index (χ2v) is 5.00. The summed E-state index contributed by atoms with van der Waals surface area (Å²) < 4.78 is 5.70. The van der Waals surface area contributed by atoms with Crippen LogP contribution in [0.4, 0.5) is 0 Å². The molecular weight excluding hydrogens is 214 g/mol. The van der Waals surface area contributed by atoms with Crippen molar-refractivity contribution in [3.63, 3.8) is 0 Å². The molecule has 92 valence electrons. The van der Waals surface area contributed by atoms with Gasteiger partial charge in [0.25, 0.3) is 0 Å². The molecule has 3 nitrogen and oxygen atoms in total. The summed E-state index contributed by atoms with van der Waals surface area (Å²) in [5.41, 5.74) is 1.33. The molecule has 2 aliphatic rings. The maximum atomic E-state index is 9.11. The third-order valence-corrected chi connectivity index (χ3v) is 3.70. The number of aliphatic hydroxyl groups excluding tert-OH is 1. The van der Waals surface area contributed by atoms with Gasteiger partial charge in [0.05, 0.1) is 13.2 Å². The minimum absolute atomic E-state index is 0.256. The van der Waals surface area contributed by atoms with E-state index in [1.807, 2.05) is 12.1 Å². The Balaban J connectivity index is 1.69. The van der Waals surface area contributed by atoms with E-state index in [-0.39, 0.29) is 6.61 Å². The van der Waals surface area contributed by atoms with Gasteiger partial charge in [-0.25, -0.2) is 0 Å². The normalized spacial score (nSPS) is 22.6. The van der Waals surface area contributed by atoms with Crippen LogP contribution in [0, 0.1) is 0 Å². The lowest BCUT2D eigenvalue weighted by Crippen LogP contribution is -2.33. The summed E-state index contributed by atoms with van der Waals surface area (Å²) in [7, 11) is 0. The maximum Gasteiger partial charge on any atom is 0.122 e. The molecule has 0 radical (unpaired) electrons. The summed E-state index contributed by atoms with van der Waals surface area (Å²) in [6.07, 6.45) is 2.57. The van der Waals surface area contributed by atoms with Gasteiger partial charge in [-0.05, 0) is 18.9 Å². The monoisotopic (exact) mass is 233 g/mol. The summed E-state index contributed by atoms with van der Waals surface area (Å²) in [4.78, 5) is 2.41. The molecule has 0 amide bonds. The van der Waals surface area contributed by atoms with E-state index < -0.39 is 0 Å². The van der Waals surface area contributed by atoms with Crippen molar-refractivity contribution in [2.75, 3.05) is 26.3 Å². The molecule has 17 heavy (non-hydrogen) atoms. The van der Waals surface area contributed by atoms with Crippen LogP contribution in [0.25, 0.3) is 0 Å². The topological polar surface area (TPSA) is 32.7 Å². The Morgan fingerprint density at radius 3 is 2.88 bits per heavy atom. The van der Waals surface area contributed by atoms with E-state index >= 15 is 0 Å². The van der Waals surface area contributed by atoms with Crippen molar-refractivity contribution in [1.29, 1.82) is 0 Å². The van der Waals surface area contributed by atoms with Crippen LogP contribution in [0.3, 0.4) is 0 Å². The van der Waals surface area contributed by atoms with Gasteiger partial charge in [0, 0.05) is 30.6 Å². The van der Waals surface area contributed by atoms with Crippen molar-refractivity contribution in [2.45, 2.75) is 24.8 Å². The van der Waals surface area contributed by atoms with Gasteiger partial charge in [-0.15, -0.1) is 0 Å². The fraction of sp³-hybridized carbons (Fsp3) is 0.571. The van der Waals surface area contributed by atoms with E-state index in [1.54, 1.807) is 0 Å². The zero-order valence-corrected chi connectivity index (χ0v) is 10.0. The molecule has 1 heterocycles. The maximum absolute atomic E-state index is 9.11. The highest BCUT2D eigenvalue weighted by Gasteiger charge is 2.33. The first-order valence-corrected chi connectivity index (χ1v) is 6.45. The highest BCUT2D eigenvalue weighted by Crippen LogP contribution is 2.36. The molecular formula is C14H19NO2. The minimum Gasteiger partial charge on any atom is -0.493 e. The van der Waals surface area contributed by atoms with Gasteiger partial charge >= 0.3 is 0 Å². The lowest BCUT2D eigenvalue weighted by molar-refractivity contribution is 0.174. The van der Waals surface area contributed by atoms with Gasteiger partial charge in [-0.1, -0.05) is 18.2 Å². The van der Waals surface area contributed by atoms with Crippen molar-refractivity contribution in [2.24, 2.45) is 0 Å². The van der Waals surface area contributed by atoms with E-state index in [0.717, 1.165) is 25.4 Å². The van der Waals surface area contributed by atoms with Gasteiger partial charge in [0.15, 0.2) is 0 Å². The third-order valence-electron chi connectivity index (χ3n) is 3.70. The highest BCUT2D eigenvalue weighted by atomic mass is 16.5. The Labute approximate surface area is 102 Å². The summed E-state index contributed by atoms with van der Waals surface area (Å²) >= 11 is 0. The fourth-order valence-electron chi connectivity index (χ4n) is 2.65. The first kappa shape index (κ1) is 11.1. The van der Waals surface area contributed by atoms with Crippen LogP contribution in [0.2, 0.25) is 0 Å². The molecule has 3 rings (SSSR count). The molecule has 1 aliphatic heterocycles. The summed E-state index contributed by atoms with van der Waals surface area (Å²) in [6, 6.07) is 9.01. The number of para-hydroxylation sites is 1. The summed E-state index contributed by atoms with van der Waals surface area (Å²) in [5, 5.41) is 9.11. The quantitative estimate of drug-likeness (QED) is 0.839. The van der Waals surface area contributed by atoms with E-state index in [9.17, 15) is 0 Å². The first-order chi connectivity index (χ1) is 8.38.